The largest absolute Gasteiger partial charge is 0.322 e. The Morgan fingerprint density at radius 2 is 1.93 bits per heavy atom. The molecule has 7 heteroatoms. The first kappa shape index (κ1) is 19.1. The zero-order chi connectivity index (χ0) is 19.4. The summed E-state index contributed by atoms with van der Waals surface area (Å²) in [6.07, 6.45) is 2.77. The summed E-state index contributed by atoms with van der Waals surface area (Å²) in [5, 5.41) is 11.6. The molecular weight excluding hydrogens is 362 g/mol. The van der Waals surface area contributed by atoms with Crippen LogP contribution in [0.15, 0.2) is 53.4 Å². The van der Waals surface area contributed by atoms with Gasteiger partial charge < -0.3 is 5.32 Å². The number of nitriles is 1. The fourth-order valence-electron chi connectivity index (χ4n) is 3.21. The molecule has 3 rings (SSSR count). The number of hydrogen-bond acceptors (Lipinski definition) is 4. The van der Waals surface area contributed by atoms with Crippen molar-refractivity contribution in [3.8, 4) is 6.07 Å². The molecule has 0 bridgehead atoms. The van der Waals surface area contributed by atoms with E-state index in [1.165, 1.54) is 24.3 Å². The zero-order valence-electron chi connectivity index (χ0n) is 15.1. The molecule has 2 aromatic carbocycles. The Balaban J connectivity index is 1.76. The molecule has 0 aromatic heterocycles. The van der Waals surface area contributed by atoms with Crippen molar-refractivity contribution in [2.45, 2.75) is 37.1 Å². The Kier molecular flexibility index (Phi) is 5.59. The summed E-state index contributed by atoms with van der Waals surface area (Å²) in [6, 6.07) is 14.6. The van der Waals surface area contributed by atoms with Crippen LogP contribution in [0.3, 0.4) is 0 Å². The maximum absolute atomic E-state index is 12.8. The number of piperidine rings is 1. The Bertz CT molecular complexity index is 978. The summed E-state index contributed by atoms with van der Waals surface area (Å²) in [6.45, 7) is 2.45. The van der Waals surface area contributed by atoms with Crippen LogP contribution in [0.2, 0.25) is 0 Å². The smallest absolute Gasteiger partial charge is 0.255 e. The van der Waals surface area contributed by atoms with Gasteiger partial charge in [0.25, 0.3) is 5.91 Å². The predicted octanol–water partition coefficient (Wildman–Crippen LogP) is 3.37. The maximum Gasteiger partial charge on any atom is 0.255 e. The van der Waals surface area contributed by atoms with E-state index in [1.54, 1.807) is 28.6 Å². The summed E-state index contributed by atoms with van der Waals surface area (Å²) in [4.78, 5) is 12.6. The van der Waals surface area contributed by atoms with Gasteiger partial charge in [0.1, 0.15) is 0 Å². The number of hydrogen-bond donors (Lipinski definition) is 1. The molecule has 6 nitrogen and oxygen atoms in total. The minimum atomic E-state index is -3.56. The number of carbonyl (C=O) groups excluding carboxylic acids is 1. The molecule has 0 saturated carbocycles. The third kappa shape index (κ3) is 4.18. The molecular formula is C20H21N3O3S. The highest BCUT2D eigenvalue weighted by Gasteiger charge is 2.30. The van der Waals surface area contributed by atoms with Gasteiger partial charge in [-0.15, -0.1) is 0 Å². The monoisotopic (exact) mass is 383 g/mol. The molecule has 1 fully saturated rings. The van der Waals surface area contributed by atoms with Gasteiger partial charge in [-0.05, 0) is 62.2 Å². The lowest BCUT2D eigenvalue weighted by molar-refractivity contribution is 0.102. The lowest BCUT2D eigenvalue weighted by Crippen LogP contribution is -2.41. The molecule has 1 aliphatic rings. The molecule has 27 heavy (non-hydrogen) atoms. The third-order valence-electron chi connectivity index (χ3n) is 4.71. The first-order chi connectivity index (χ1) is 12.9. The van der Waals surface area contributed by atoms with E-state index in [1.807, 2.05) is 13.0 Å². The summed E-state index contributed by atoms with van der Waals surface area (Å²) in [5.74, 6) is -0.361. The number of sulfonamides is 1. The van der Waals surface area contributed by atoms with Crippen LogP contribution in [0, 0.1) is 11.3 Å². The highest BCUT2D eigenvalue weighted by molar-refractivity contribution is 7.89. The van der Waals surface area contributed by atoms with Crippen molar-refractivity contribution in [2.75, 3.05) is 11.9 Å². The van der Waals surface area contributed by atoms with Crippen molar-refractivity contribution < 1.29 is 13.2 Å². The molecule has 1 saturated heterocycles. The van der Waals surface area contributed by atoms with Crippen LogP contribution in [0.4, 0.5) is 5.69 Å². The van der Waals surface area contributed by atoms with Gasteiger partial charge in [-0.25, -0.2) is 8.42 Å². The van der Waals surface area contributed by atoms with Crippen molar-refractivity contribution in [2.24, 2.45) is 0 Å². The van der Waals surface area contributed by atoms with Gasteiger partial charge in [-0.2, -0.15) is 9.57 Å². The fourth-order valence-corrected chi connectivity index (χ4v) is 4.91. The summed E-state index contributed by atoms with van der Waals surface area (Å²) >= 11 is 0. The Hall–Kier alpha value is -2.69. The van der Waals surface area contributed by atoms with Crippen LogP contribution in [-0.2, 0) is 10.0 Å². The molecule has 1 amide bonds. The molecule has 140 valence electrons. The van der Waals surface area contributed by atoms with Crippen LogP contribution >= 0.6 is 0 Å². The molecule has 0 radical (unpaired) electrons. The highest BCUT2D eigenvalue weighted by Crippen LogP contribution is 2.25. The normalized spacial score (nSPS) is 17.9. The van der Waals surface area contributed by atoms with Gasteiger partial charge in [-0.1, -0.05) is 12.5 Å². The minimum absolute atomic E-state index is 0.0147. The molecule has 1 heterocycles. The maximum atomic E-state index is 12.8. The first-order valence-corrected chi connectivity index (χ1v) is 10.3. The molecule has 1 atom stereocenters. The summed E-state index contributed by atoms with van der Waals surface area (Å²) < 4.78 is 27.2. The van der Waals surface area contributed by atoms with Crippen molar-refractivity contribution in [1.82, 2.24) is 4.31 Å². The van der Waals surface area contributed by atoms with Crippen molar-refractivity contribution >= 4 is 21.6 Å². The van der Waals surface area contributed by atoms with E-state index in [9.17, 15) is 13.2 Å². The number of amides is 1. The Morgan fingerprint density at radius 3 is 2.59 bits per heavy atom. The van der Waals surface area contributed by atoms with Gasteiger partial charge in [-0.3, -0.25) is 4.79 Å². The van der Waals surface area contributed by atoms with Crippen LogP contribution < -0.4 is 5.32 Å². The average Bonchev–Trinajstić information content (AvgIpc) is 2.68. The number of nitrogens with zero attached hydrogens (tertiary/aromatic N) is 2. The van der Waals surface area contributed by atoms with Gasteiger partial charge in [0.15, 0.2) is 0 Å². The zero-order valence-corrected chi connectivity index (χ0v) is 15.9. The fraction of sp³-hybridized carbons (Fsp3) is 0.300. The molecule has 1 unspecified atom stereocenters. The topological polar surface area (TPSA) is 90.3 Å². The van der Waals surface area contributed by atoms with Crippen LogP contribution in [-0.4, -0.2) is 31.2 Å². The van der Waals surface area contributed by atoms with Gasteiger partial charge >= 0.3 is 0 Å². The molecule has 2 aromatic rings. The van der Waals surface area contributed by atoms with E-state index >= 15 is 0 Å². The number of carbonyl (C=O) groups is 1. The van der Waals surface area contributed by atoms with Gasteiger partial charge in [0.2, 0.25) is 10.0 Å². The SMILES string of the molecule is CC1CCCCN1S(=O)(=O)c1ccc(C(=O)Nc2cccc(C#N)c2)cc1. The Labute approximate surface area is 159 Å². The van der Waals surface area contributed by atoms with E-state index in [2.05, 4.69) is 5.32 Å². The van der Waals surface area contributed by atoms with Crippen LogP contribution in [0.1, 0.15) is 42.1 Å². The Morgan fingerprint density at radius 1 is 1.19 bits per heavy atom. The van der Waals surface area contributed by atoms with Crippen LogP contribution in [0.25, 0.3) is 0 Å². The highest BCUT2D eigenvalue weighted by atomic mass is 32.2. The molecule has 1 aliphatic heterocycles. The first-order valence-electron chi connectivity index (χ1n) is 8.85. The lowest BCUT2D eigenvalue weighted by Gasteiger charge is -2.32. The lowest BCUT2D eigenvalue weighted by atomic mass is 10.1. The summed E-state index contributed by atoms with van der Waals surface area (Å²) in [7, 11) is -3.56. The second-order valence-corrected chi connectivity index (χ2v) is 8.52. The van der Waals surface area contributed by atoms with E-state index < -0.39 is 10.0 Å². The van der Waals surface area contributed by atoms with E-state index in [4.69, 9.17) is 5.26 Å². The van der Waals surface area contributed by atoms with Crippen LogP contribution in [0.5, 0.6) is 0 Å². The van der Waals surface area contributed by atoms with E-state index in [0.717, 1.165) is 19.3 Å². The predicted molar refractivity (Wildman–Crippen MR) is 103 cm³/mol. The number of anilines is 1. The van der Waals surface area contributed by atoms with E-state index in [0.29, 0.717) is 23.4 Å². The van der Waals surface area contributed by atoms with Crippen molar-refractivity contribution in [3.63, 3.8) is 0 Å². The average molecular weight is 383 g/mol. The van der Waals surface area contributed by atoms with E-state index in [-0.39, 0.29) is 16.8 Å². The van der Waals surface area contributed by atoms with Crippen molar-refractivity contribution in [3.05, 3.63) is 59.7 Å². The van der Waals surface area contributed by atoms with Gasteiger partial charge in [0, 0.05) is 23.8 Å². The van der Waals surface area contributed by atoms with Gasteiger partial charge in [0.05, 0.1) is 16.5 Å². The second kappa shape index (κ2) is 7.91. The second-order valence-electron chi connectivity index (χ2n) is 6.63. The number of rotatable bonds is 4. The number of benzene rings is 2. The number of nitrogens with one attached hydrogen (secondary N) is 1. The standard InChI is InChI=1S/C20H21N3O3S/c1-15-5-2-3-12-23(15)27(25,26)19-10-8-17(9-11-19)20(24)22-18-7-4-6-16(13-18)14-21/h4,6-11,13,15H,2-3,5,12H2,1H3,(H,22,24). The molecule has 0 spiro atoms. The van der Waals surface area contributed by atoms with Crippen molar-refractivity contribution in [1.29, 1.82) is 5.26 Å². The quantitative estimate of drug-likeness (QED) is 0.876. The summed E-state index contributed by atoms with van der Waals surface area (Å²) in [5.41, 5.74) is 1.31. The molecule has 1 N–H and O–H groups in total. The third-order valence-corrected chi connectivity index (χ3v) is 6.74. The minimum Gasteiger partial charge on any atom is -0.322 e. The molecule has 0 aliphatic carbocycles.